The highest BCUT2D eigenvalue weighted by atomic mass is 16.5. The van der Waals surface area contributed by atoms with E-state index in [1.54, 1.807) is 0 Å². The molecule has 1 unspecified atom stereocenters. The van der Waals surface area contributed by atoms with Gasteiger partial charge in [-0.05, 0) is 42.0 Å². The summed E-state index contributed by atoms with van der Waals surface area (Å²) in [6.07, 6.45) is 0.300. The van der Waals surface area contributed by atoms with Gasteiger partial charge in [0.05, 0.1) is 5.41 Å². The molecule has 0 aromatic heterocycles. The van der Waals surface area contributed by atoms with Crippen LogP contribution in [0.5, 0.6) is 0 Å². The Morgan fingerprint density at radius 2 is 1.53 bits per heavy atom. The largest absolute Gasteiger partial charge is 0.480 e. The Morgan fingerprint density at radius 3 is 2.03 bits per heavy atom. The van der Waals surface area contributed by atoms with Gasteiger partial charge in [-0.1, -0.05) is 62.4 Å². The molecule has 170 valence electrons. The average Bonchev–Trinajstić information content (AvgIpc) is 3.12. The van der Waals surface area contributed by atoms with Crippen LogP contribution in [0.4, 0.5) is 4.79 Å². The molecule has 2 aromatic rings. The molecule has 2 aromatic carbocycles. The number of alkyl carbamates (subject to hydrolysis) is 1. The summed E-state index contributed by atoms with van der Waals surface area (Å²) in [6, 6.07) is 15.2. The summed E-state index contributed by atoms with van der Waals surface area (Å²) in [4.78, 5) is 36.3. The molecule has 32 heavy (non-hydrogen) atoms. The predicted molar refractivity (Wildman–Crippen MR) is 121 cm³/mol. The van der Waals surface area contributed by atoms with E-state index in [9.17, 15) is 14.4 Å². The van der Waals surface area contributed by atoms with Gasteiger partial charge < -0.3 is 20.5 Å². The Labute approximate surface area is 188 Å². The summed E-state index contributed by atoms with van der Waals surface area (Å²) >= 11 is 0. The van der Waals surface area contributed by atoms with E-state index in [-0.39, 0.29) is 19.1 Å². The molecule has 7 heteroatoms. The van der Waals surface area contributed by atoms with Crippen molar-refractivity contribution >= 4 is 18.0 Å². The summed E-state index contributed by atoms with van der Waals surface area (Å²) in [5, 5.41) is 14.3. The van der Waals surface area contributed by atoms with Gasteiger partial charge in [0.2, 0.25) is 5.91 Å². The Kier molecular flexibility index (Phi) is 7.18. The van der Waals surface area contributed by atoms with Crippen molar-refractivity contribution in [3.8, 4) is 11.1 Å². The van der Waals surface area contributed by atoms with Crippen molar-refractivity contribution in [2.45, 2.75) is 45.6 Å². The average molecular weight is 439 g/mol. The number of fused-ring (bicyclic) bond motifs is 3. The maximum atomic E-state index is 12.7. The second-order valence-corrected chi connectivity index (χ2v) is 8.20. The first-order valence-electron chi connectivity index (χ1n) is 11.0. The van der Waals surface area contributed by atoms with E-state index < -0.39 is 29.4 Å². The lowest BCUT2D eigenvalue weighted by Crippen LogP contribution is -2.51. The van der Waals surface area contributed by atoms with Crippen molar-refractivity contribution < 1.29 is 24.2 Å². The Morgan fingerprint density at radius 1 is 1.00 bits per heavy atom. The number of carboxylic acids is 1. The van der Waals surface area contributed by atoms with E-state index >= 15 is 0 Å². The van der Waals surface area contributed by atoms with Crippen LogP contribution in [0.25, 0.3) is 11.1 Å². The SMILES string of the molecule is CCC(CC)(CNC(=O)OCC1c2ccccc2-c2ccccc21)C(=O)NC(C)C(=O)O. The van der Waals surface area contributed by atoms with Gasteiger partial charge in [0.25, 0.3) is 0 Å². The van der Waals surface area contributed by atoms with Crippen molar-refractivity contribution in [3.63, 3.8) is 0 Å². The highest BCUT2D eigenvalue weighted by Gasteiger charge is 2.37. The maximum absolute atomic E-state index is 12.7. The molecule has 1 aliphatic rings. The second-order valence-electron chi connectivity index (χ2n) is 8.20. The van der Waals surface area contributed by atoms with Crippen LogP contribution in [0, 0.1) is 5.41 Å². The molecule has 0 spiro atoms. The van der Waals surface area contributed by atoms with Crippen LogP contribution in [-0.4, -0.2) is 42.3 Å². The van der Waals surface area contributed by atoms with Gasteiger partial charge in [-0.3, -0.25) is 9.59 Å². The fourth-order valence-corrected chi connectivity index (χ4v) is 4.20. The van der Waals surface area contributed by atoms with E-state index in [2.05, 4.69) is 34.9 Å². The van der Waals surface area contributed by atoms with Crippen LogP contribution in [0.2, 0.25) is 0 Å². The zero-order chi connectivity index (χ0) is 23.3. The van der Waals surface area contributed by atoms with Gasteiger partial charge >= 0.3 is 12.1 Å². The number of benzene rings is 2. The molecule has 3 rings (SSSR count). The lowest BCUT2D eigenvalue weighted by atomic mass is 9.81. The highest BCUT2D eigenvalue weighted by molar-refractivity contribution is 5.87. The maximum Gasteiger partial charge on any atom is 0.407 e. The van der Waals surface area contributed by atoms with E-state index in [1.165, 1.54) is 6.92 Å². The first kappa shape index (κ1) is 23.3. The Bertz CT molecular complexity index is 954. The van der Waals surface area contributed by atoms with Gasteiger partial charge in [-0.15, -0.1) is 0 Å². The molecule has 0 aliphatic heterocycles. The van der Waals surface area contributed by atoms with Crippen molar-refractivity contribution in [1.29, 1.82) is 0 Å². The minimum Gasteiger partial charge on any atom is -0.480 e. The normalized spacial score (nSPS) is 13.6. The monoisotopic (exact) mass is 438 g/mol. The third-order valence-electron chi connectivity index (χ3n) is 6.47. The summed E-state index contributed by atoms with van der Waals surface area (Å²) < 4.78 is 5.55. The van der Waals surface area contributed by atoms with Crippen LogP contribution >= 0.6 is 0 Å². The minimum absolute atomic E-state index is 0.0463. The van der Waals surface area contributed by atoms with E-state index in [4.69, 9.17) is 9.84 Å². The summed E-state index contributed by atoms with van der Waals surface area (Å²) in [7, 11) is 0. The van der Waals surface area contributed by atoms with E-state index in [0.29, 0.717) is 12.8 Å². The smallest absolute Gasteiger partial charge is 0.407 e. The van der Waals surface area contributed by atoms with Crippen LogP contribution in [-0.2, 0) is 14.3 Å². The summed E-state index contributed by atoms with van der Waals surface area (Å²) in [5.41, 5.74) is 3.64. The number of carbonyl (C=O) groups excluding carboxylic acids is 2. The molecular weight excluding hydrogens is 408 g/mol. The lowest BCUT2D eigenvalue weighted by Gasteiger charge is -2.31. The number of hydrogen-bond acceptors (Lipinski definition) is 4. The number of carboxylic acid groups (broad SMARTS) is 1. The summed E-state index contributed by atoms with van der Waals surface area (Å²) in [6.45, 7) is 5.35. The number of amides is 2. The predicted octanol–water partition coefficient (Wildman–Crippen LogP) is 3.92. The number of aliphatic carboxylic acids is 1. The molecule has 3 N–H and O–H groups in total. The number of carbonyl (C=O) groups is 3. The summed E-state index contributed by atoms with van der Waals surface area (Å²) in [5.74, 6) is -1.55. The van der Waals surface area contributed by atoms with Crippen LogP contribution in [0.1, 0.15) is 50.7 Å². The molecule has 0 bridgehead atoms. The fraction of sp³-hybridized carbons (Fsp3) is 0.400. The number of ether oxygens (including phenoxy) is 1. The van der Waals surface area contributed by atoms with Crippen LogP contribution < -0.4 is 10.6 Å². The van der Waals surface area contributed by atoms with Crippen LogP contribution in [0.15, 0.2) is 48.5 Å². The van der Waals surface area contributed by atoms with E-state index in [0.717, 1.165) is 22.3 Å². The Hall–Kier alpha value is -3.35. The quantitative estimate of drug-likeness (QED) is 0.550. The molecule has 0 saturated heterocycles. The van der Waals surface area contributed by atoms with Gasteiger partial charge in [-0.2, -0.15) is 0 Å². The third kappa shape index (κ3) is 4.61. The fourth-order valence-electron chi connectivity index (χ4n) is 4.20. The van der Waals surface area contributed by atoms with Gasteiger partial charge in [-0.25, -0.2) is 4.79 Å². The number of rotatable bonds is 9. The molecular formula is C25H30N2O5. The molecule has 7 nitrogen and oxygen atoms in total. The number of hydrogen-bond donors (Lipinski definition) is 3. The first-order valence-corrected chi connectivity index (χ1v) is 11.0. The van der Waals surface area contributed by atoms with Gasteiger partial charge in [0.1, 0.15) is 12.6 Å². The standard InChI is InChI=1S/C25H30N2O5/c1-4-25(5-2,23(30)27-16(3)22(28)29)15-26-24(31)32-14-21-19-12-8-6-10-17(19)18-11-7-9-13-20(18)21/h6-13,16,21H,4-5,14-15H2,1-3H3,(H,26,31)(H,27,30)(H,28,29). The molecule has 0 saturated carbocycles. The molecule has 0 radical (unpaired) electrons. The first-order chi connectivity index (χ1) is 15.3. The van der Waals surface area contributed by atoms with Crippen molar-refractivity contribution in [2.75, 3.05) is 13.2 Å². The minimum atomic E-state index is -1.11. The highest BCUT2D eigenvalue weighted by Crippen LogP contribution is 2.44. The lowest BCUT2D eigenvalue weighted by molar-refractivity contribution is -0.143. The number of nitrogens with one attached hydrogen (secondary N) is 2. The molecule has 0 fully saturated rings. The van der Waals surface area contributed by atoms with Gasteiger partial charge in [0.15, 0.2) is 0 Å². The van der Waals surface area contributed by atoms with Crippen molar-refractivity contribution in [2.24, 2.45) is 5.41 Å². The van der Waals surface area contributed by atoms with Crippen molar-refractivity contribution in [3.05, 3.63) is 59.7 Å². The molecule has 1 atom stereocenters. The second kappa shape index (κ2) is 9.85. The van der Waals surface area contributed by atoms with Gasteiger partial charge in [0, 0.05) is 12.5 Å². The third-order valence-corrected chi connectivity index (χ3v) is 6.47. The zero-order valence-electron chi connectivity index (χ0n) is 18.7. The Balaban J connectivity index is 1.63. The molecule has 2 amide bonds. The molecule has 1 aliphatic carbocycles. The van der Waals surface area contributed by atoms with Crippen LogP contribution in [0.3, 0.4) is 0 Å². The van der Waals surface area contributed by atoms with E-state index in [1.807, 2.05) is 38.1 Å². The zero-order valence-corrected chi connectivity index (χ0v) is 18.7. The topological polar surface area (TPSA) is 105 Å². The van der Waals surface area contributed by atoms with Crippen molar-refractivity contribution in [1.82, 2.24) is 10.6 Å². The molecule has 0 heterocycles.